The number of aromatic nitrogens is 2. The van der Waals surface area contributed by atoms with Crippen molar-refractivity contribution in [2.24, 2.45) is 0 Å². The molecule has 198 valence electrons. The average molecular weight is 575 g/mol. The molecule has 0 unspecified atom stereocenters. The molecule has 1 fully saturated rings. The van der Waals surface area contributed by atoms with Crippen LogP contribution in [0.3, 0.4) is 0 Å². The van der Waals surface area contributed by atoms with Crippen LogP contribution in [0.4, 0.5) is 4.39 Å². The predicted octanol–water partition coefficient (Wildman–Crippen LogP) is 7.79. The van der Waals surface area contributed by atoms with Crippen molar-refractivity contribution in [3.8, 4) is 22.7 Å². The van der Waals surface area contributed by atoms with Gasteiger partial charge in [-0.15, -0.1) is 0 Å². The fourth-order valence-corrected chi connectivity index (χ4v) is 5.75. The molecule has 0 radical (unpaired) electrons. The first-order valence-corrected chi connectivity index (χ1v) is 13.5. The van der Waals surface area contributed by atoms with Gasteiger partial charge in [0.15, 0.2) is 5.65 Å². The highest BCUT2D eigenvalue weighted by atomic mass is 35.5. The van der Waals surface area contributed by atoms with Crippen molar-refractivity contribution < 1.29 is 9.13 Å². The zero-order valence-electron chi connectivity index (χ0n) is 21.3. The lowest BCUT2D eigenvalue weighted by atomic mass is 9.99. The van der Waals surface area contributed by atoms with Gasteiger partial charge in [-0.1, -0.05) is 40.9 Å². The molecule has 0 atom stereocenters. The summed E-state index contributed by atoms with van der Waals surface area (Å²) in [6.07, 6.45) is 1.62. The maximum Gasteiger partial charge on any atom is 0.256 e. The monoisotopic (exact) mass is 573 g/mol. The summed E-state index contributed by atoms with van der Waals surface area (Å²) in [5.74, 6) is -0.108. The summed E-state index contributed by atoms with van der Waals surface area (Å²) in [5, 5.41) is 1.45. The Labute approximate surface area is 235 Å². The van der Waals surface area contributed by atoms with Crippen molar-refractivity contribution in [2.45, 2.75) is 45.3 Å². The lowest BCUT2D eigenvalue weighted by Gasteiger charge is -2.40. The number of fused-ring (bicyclic) bond motifs is 1. The molecule has 0 spiro atoms. The van der Waals surface area contributed by atoms with E-state index in [1.807, 2.05) is 0 Å². The number of rotatable bonds is 4. The molecule has 2 aromatic heterocycles. The molecule has 9 heteroatoms. The molecular formula is C29H27Cl3FN3O2. The molecule has 5 rings (SSSR count). The third-order valence-electron chi connectivity index (χ3n) is 6.90. The van der Waals surface area contributed by atoms with Crippen LogP contribution in [-0.2, 0) is 0 Å². The highest BCUT2D eigenvalue weighted by Crippen LogP contribution is 2.38. The van der Waals surface area contributed by atoms with E-state index in [-0.39, 0.29) is 22.2 Å². The number of benzene rings is 2. The van der Waals surface area contributed by atoms with Gasteiger partial charge in [-0.2, -0.15) is 4.98 Å². The Hall–Kier alpha value is -2.64. The van der Waals surface area contributed by atoms with E-state index in [2.05, 4.69) is 25.7 Å². The molecule has 1 aliphatic rings. The molecule has 3 heterocycles. The molecule has 38 heavy (non-hydrogen) atoms. The molecule has 1 saturated heterocycles. The second-order valence-electron chi connectivity index (χ2n) is 10.4. The van der Waals surface area contributed by atoms with Crippen LogP contribution >= 0.6 is 34.8 Å². The highest BCUT2D eigenvalue weighted by molar-refractivity contribution is 6.38. The molecule has 0 aliphatic carbocycles. The minimum absolute atomic E-state index is 0.0529. The number of halogens is 4. The smallest absolute Gasteiger partial charge is 0.256 e. The van der Waals surface area contributed by atoms with E-state index in [9.17, 15) is 9.18 Å². The van der Waals surface area contributed by atoms with Gasteiger partial charge in [-0.25, -0.2) is 4.39 Å². The summed E-state index contributed by atoms with van der Waals surface area (Å²) in [6, 6.07) is 14.1. The van der Waals surface area contributed by atoms with Crippen molar-refractivity contribution >= 4 is 45.8 Å². The summed E-state index contributed by atoms with van der Waals surface area (Å²) in [5.41, 5.74) is 1.61. The Morgan fingerprint density at radius 3 is 2.24 bits per heavy atom. The number of hydrogen-bond donors (Lipinski definition) is 0. The molecular weight excluding hydrogens is 548 g/mol. The van der Waals surface area contributed by atoms with Crippen molar-refractivity contribution in [3.63, 3.8) is 0 Å². The Bertz CT molecular complexity index is 1550. The summed E-state index contributed by atoms with van der Waals surface area (Å²) >= 11 is 19.5. The van der Waals surface area contributed by atoms with Crippen LogP contribution in [0.25, 0.3) is 27.8 Å². The number of piperidine rings is 1. The third-order valence-corrected chi connectivity index (χ3v) is 7.82. The third kappa shape index (κ3) is 5.28. The normalized spacial score (nSPS) is 15.2. The zero-order valence-corrected chi connectivity index (χ0v) is 23.5. The quantitative estimate of drug-likeness (QED) is 0.250. The molecule has 0 N–H and O–H groups in total. The SMILES string of the molecule is CC(C)(C)N1CCC(Oc2cc(-c3ccc(F)cc3Cl)c3ccc(=O)n(-c4c(Cl)cccc4Cl)c3n2)CC1. The molecule has 4 aromatic rings. The topological polar surface area (TPSA) is 47.4 Å². The number of nitrogens with zero attached hydrogens (tertiary/aromatic N) is 3. The van der Waals surface area contributed by atoms with Crippen LogP contribution in [0.5, 0.6) is 5.88 Å². The first kappa shape index (κ1) is 26.9. The maximum atomic E-state index is 13.9. The highest BCUT2D eigenvalue weighted by Gasteiger charge is 2.28. The van der Waals surface area contributed by atoms with Gasteiger partial charge in [-0.3, -0.25) is 14.3 Å². The second-order valence-corrected chi connectivity index (χ2v) is 11.6. The van der Waals surface area contributed by atoms with Crippen molar-refractivity contribution in [1.82, 2.24) is 14.5 Å². The van der Waals surface area contributed by atoms with Gasteiger partial charge >= 0.3 is 0 Å². The second kappa shape index (κ2) is 10.5. The van der Waals surface area contributed by atoms with Gasteiger partial charge in [0.2, 0.25) is 5.88 Å². The van der Waals surface area contributed by atoms with E-state index in [1.54, 1.807) is 36.4 Å². The van der Waals surface area contributed by atoms with E-state index in [1.165, 1.54) is 22.8 Å². The van der Waals surface area contributed by atoms with E-state index in [0.717, 1.165) is 25.9 Å². The van der Waals surface area contributed by atoms with Crippen LogP contribution in [0, 0.1) is 5.82 Å². The van der Waals surface area contributed by atoms with Crippen LogP contribution in [0.1, 0.15) is 33.6 Å². The van der Waals surface area contributed by atoms with Crippen molar-refractivity contribution in [2.75, 3.05) is 13.1 Å². The van der Waals surface area contributed by atoms with Gasteiger partial charge in [0.1, 0.15) is 11.9 Å². The molecule has 0 amide bonds. The van der Waals surface area contributed by atoms with E-state index in [4.69, 9.17) is 44.5 Å². The fraction of sp³-hybridized carbons (Fsp3) is 0.310. The van der Waals surface area contributed by atoms with Crippen molar-refractivity contribution in [1.29, 1.82) is 0 Å². The average Bonchev–Trinajstić information content (AvgIpc) is 2.84. The van der Waals surface area contributed by atoms with Crippen LogP contribution in [0.2, 0.25) is 15.1 Å². The van der Waals surface area contributed by atoms with Gasteiger partial charge in [0.25, 0.3) is 5.56 Å². The largest absolute Gasteiger partial charge is 0.474 e. The first-order valence-electron chi connectivity index (χ1n) is 12.4. The molecule has 1 aliphatic heterocycles. The predicted molar refractivity (Wildman–Crippen MR) is 153 cm³/mol. The van der Waals surface area contributed by atoms with E-state index < -0.39 is 5.82 Å². The Balaban J connectivity index is 1.68. The summed E-state index contributed by atoms with van der Waals surface area (Å²) in [7, 11) is 0. The first-order chi connectivity index (χ1) is 18.0. The fourth-order valence-electron chi connectivity index (χ4n) is 4.91. The van der Waals surface area contributed by atoms with Crippen LogP contribution in [-0.4, -0.2) is 39.2 Å². The Kier molecular flexibility index (Phi) is 7.44. The Morgan fingerprint density at radius 1 is 0.921 bits per heavy atom. The number of hydrogen-bond acceptors (Lipinski definition) is 4. The van der Waals surface area contributed by atoms with Gasteiger partial charge in [0, 0.05) is 41.7 Å². The molecule has 0 bridgehead atoms. The zero-order chi connectivity index (χ0) is 27.2. The summed E-state index contributed by atoms with van der Waals surface area (Å²) in [4.78, 5) is 20.4. The van der Waals surface area contributed by atoms with Crippen LogP contribution < -0.4 is 10.3 Å². The minimum Gasteiger partial charge on any atom is -0.474 e. The van der Waals surface area contributed by atoms with Gasteiger partial charge in [-0.05, 0) is 75.6 Å². The summed E-state index contributed by atoms with van der Waals surface area (Å²) in [6.45, 7) is 8.42. The van der Waals surface area contributed by atoms with Gasteiger partial charge < -0.3 is 4.74 Å². The lowest BCUT2D eigenvalue weighted by molar-refractivity contribution is 0.0474. The number of ether oxygens (including phenoxy) is 1. The summed E-state index contributed by atoms with van der Waals surface area (Å²) < 4.78 is 21.7. The van der Waals surface area contributed by atoms with Crippen LogP contribution in [0.15, 0.2) is 59.4 Å². The van der Waals surface area contributed by atoms with E-state index in [0.29, 0.717) is 43.8 Å². The number of likely N-dealkylation sites (tertiary alicyclic amines) is 1. The molecule has 2 aromatic carbocycles. The lowest BCUT2D eigenvalue weighted by Crippen LogP contribution is -2.48. The minimum atomic E-state index is -0.445. The number of pyridine rings is 2. The maximum absolute atomic E-state index is 13.9. The Morgan fingerprint density at radius 2 is 1.61 bits per heavy atom. The van der Waals surface area contributed by atoms with E-state index >= 15 is 0 Å². The van der Waals surface area contributed by atoms with Gasteiger partial charge in [0.05, 0.1) is 20.8 Å². The standard InChI is InChI=1S/C29H27Cl3FN3O2/c1-29(2,3)35-13-11-18(12-14-35)38-25-16-21(19-8-7-17(33)15-24(19)32)20-9-10-26(37)36(28(20)34-25)27-22(30)5-4-6-23(27)31/h4-10,15-16,18H,11-14H2,1-3H3. The number of para-hydroxylation sites is 1. The van der Waals surface area contributed by atoms with Crippen molar-refractivity contribution in [3.05, 3.63) is 85.8 Å². The molecule has 5 nitrogen and oxygen atoms in total. The molecule has 0 saturated carbocycles.